The zero-order valence-electron chi connectivity index (χ0n) is 14.2. The van der Waals surface area contributed by atoms with Crippen LogP contribution >= 0.6 is 0 Å². The van der Waals surface area contributed by atoms with Crippen LogP contribution in [0, 0.1) is 0 Å². The van der Waals surface area contributed by atoms with Gasteiger partial charge < -0.3 is 10.3 Å². The molecule has 6 heteroatoms. The van der Waals surface area contributed by atoms with Gasteiger partial charge in [-0.1, -0.05) is 36.4 Å². The third-order valence-corrected chi connectivity index (χ3v) is 4.54. The first-order valence-electron chi connectivity index (χ1n) is 8.55. The number of pyridine rings is 1. The third kappa shape index (κ3) is 2.73. The number of hydrogen-bond donors (Lipinski definition) is 3. The van der Waals surface area contributed by atoms with Crippen LogP contribution in [0.3, 0.4) is 0 Å². The molecule has 27 heavy (non-hydrogen) atoms. The standard InChI is InChI=1S/C21H15N5O/c27-21(16-7-4-8-18-17(16)12-23-26-18)24-15-9-14-10-19(25-20(14)22-11-15)13-5-2-1-3-6-13/h1-12H,(H,22,25)(H,23,26)(H,24,27). The zero-order chi connectivity index (χ0) is 18.2. The summed E-state index contributed by atoms with van der Waals surface area (Å²) in [5, 5.41) is 11.5. The number of anilines is 1. The minimum Gasteiger partial charge on any atom is -0.339 e. The van der Waals surface area contributed by atoms with Crippen molar-refractivity contribution in [1.29, 1.82) is 0 Å². The van der Waals surface area contributed by atoms with Crippen molar-refractivity contribution in [2.24, 2.45) is 0 Å². The number of H-pyrrole nitrogens is 2. The van der Waals surface area contributed by atoms with Crippen molar-refractivity contribution in [2.45, 2.75) is 0 Å². The summed E-state index contributed by atoms with van der Waals surface area (Å²) in [6, 6.07) is 19.5. The molecule has 3 N–H and O–H groups in total. The van der Waals surface area contributed by atoms with Crippen LogP contribution in [0.4, 0.5) is 5.69 Å². The van der Waals surface area contributed by atoms with Crippen molar-refractivity contribution in [2.75, 3.05) is 5.32 Å². The molecule has 5 rings (SSSR count). The summed E-state index contributed by atoms with van der Waals surface area (Å²) in [5.74, 6) is -0.193. The van der Waals surface area contributed by atoms with Crippen molar-refractivity contribution in [3.8, 4) is 11.3 Å². The lowest BCUT2D eigenvalue weighted by Gasteiger charge is -2.06. The summed E-state index contributed by atoms with van der Waals surface area (Å²) in [6.07, 6.45) is 3.31. The summed E-state index contributed by atoms with van der Waals surface area (Å²) in [6.45, 7) is 0. The number of carbonyl (C=O) groups is 1. The minimum absolute atomic E-state index is 0.193. The maximum Gasteiger partial charge on any atom is 0.256 e. The summed E-state index contributed by atoms with van der Waals surface area (Å²) < 4.78 is 0. The normalized spacial score (nSPS) is 11.1. The smallest absolute Gasteiger partial charge is 0.256 e. The van der Waals surface area contributed by atoms with Crippen LogP contribution < -0.4 is 5.32 Å². The number of nitrogens with one attached hydrogen (secondary N) is 3. The fourth-order valence-corrected chi connectivity index (χ4v) is 3.22. The van der Waals surface area contributed by atoms with E-state index >= 15 is 0 Å². The highest BCUT2D eigenvalue weighted by Gasteiger charge is 2.12. The van der Waals surface area contributed by atoms with E-state index in [9.17, 15) is 4.79 Å². The van der Waals surface area contributed by atoms with Gasteiger partial charge in [-0.15, -0.1) is 0 Å². The third-order valence-electron chi connectivity index (χ3n) is 4.54. The molecule has 0 bridgehead atoms. The average molecular weight is 353 g/mol. The molecule has 5 aromatic rings. The van der Waals surface area contributed by atoms with Gasteiger partial charge in [-0.05, 0) is 29.8 Å². The number of aromatic amines is 2. The highest BCUT2D eigenvalue weighted by molar-refractivity contribution is 6.12. The van der Waals surface area contributed by atoms with Crippen molar-refractivity contribution in [1.82, 2.24) is 20.2 Å². The average Bonchev–Trinajstić information content (AvgIpc) is 3.34. The van der Waals surface area contributed by atoms with Gasteiger partial charge >= 0.3 is 0 Å². The Hall–Kier alpha value is -3.93. The molecule has 0 atom stereocenters. The number of carbonyl (C=O) groups excluding carboxylic acids is 1. The van der Waals surface area contributed by atoms with E-state index in [1.807, 2.05) is 54.6 Å². The highest BCUT2D eigenvalue weighted by atomic mass is 16.1. The number of hydrogen-bond acceptors (Lipinski definition) is 3. The van der Waals surface area contributed by atoms with E-state index in [2.05, 4.69) is 25.5 Å². The molecule has 2 aromatic carbocycles. The largest absolute Gasteiger partial charge is 0.339 e. The number of aromatic nitrogens is 4. The zero-order valence-corrected chi connectivity index (χ0v) is 14.2. The Labute approximate surface area is 154 Å². The molecule has 0 saturated carbocycles. The van der Waals surface area contributed by atoms with E-state index in [1.54, 1.807) is 18.5 Å². The Morgan fingerprint density at radius 1 is 0.963 bits per heavy atom. The Balaban J connectivity index is 1.47. The van der Waals surface area contributed by atoms with Crippen LogP contribution in [0.25, 0.3) is 33.2 Å². The van der Waals surface area contributed by atoms with Crippen LogP contribution in [0.5, 0.6) is 0 Å². The van der Waals surface area contributed by atoms with Gasteiger partial charge in [0.25, 0.3) is 5.91 Å². The second-order valence-corrected chi connectivity index (χ2v) is 6.30. The molecule has 0 radical (unpaired) electrons. The van der Waals surface area contributed by atoms with Crippen LogP contribution in [0.1, 0.15) is 10.4 Å². The molecule has 0 unspecified atom stereocenters. The van der Waals surface area contributed by atoms with Crippen molar-refractivity contribution < 1.29 is 4.79 Å². The number of amides is 1. The van der Waals surface area contributed by atoms with Crippen LogP contribution in [0.2, 0.25) is 0 Å². The highest BCUT2D eigenvalue weighted by Crippen LogP contribution is 2.25. The van der Waals surface area contributed by atoms with Gasteiger partial charge in [0.05, 0.1) is 29.2 Å². The molecular formula is C21H15N5O. The molecule has 130 valence electrons. The molecule has 3 aromatic heterocycles. The van der Waals surface area contributed by atoms with E-state index in [4.69, 9.17) is 0 Å². The fraction of sp³-hybridized carbons (Fsp3) is 0. The van der Waals surface area contributed by atoms with E-state index in [-0.39, 0.29) is 5.91 Å². The predicted molar refractivity (Wildman–Crippen MR) is 106 cm³/mol. The molecule has 3 heterocycles. The van der Waals surface area contributed by atoms with Crippen LogP contribution in [-0.2, 0) is 0 Å². The van der Waals surface area contributed by atoms with Crippen molar-refractivity contribution in [3.05, 3.63) is 78.6 Å². The number of fused-ring (bicyclic) bond motifs is 2. The summed E-state index contributed by atoms with van der Waals surface area (Å²) >= 11 is 0. The van der Waals surface area contributed by atoms with Gasteiger partial charge in [-0.2, -0.15) is 5.10 Å². The van der Waals surface area contributed by atoms with Gasteiger partial charge in [0.1, 0.15) is 5.65 Å². The maximum atomic E-state index is 12.7. The lowest BCUT2D eigenvalue weighted by molar-refractivity contribution is 0.102. The van der Waals surface area contributed by atoms with Crippen LogP contribution in [0.15, 0.2) is 73.1 Å². The number of rotatable bonds is 3. The van der Waals surface area contributed by atoms with Gasteiger partial charge in [-0.25, -0.2) is 4.98 Å². The topological polar surface area (TPSA) is 86.5 Å². The lowest BCUT2D eigenvalue weighted by Crippen LogP contribution is -2.12. The van der Waals surface area contributed by atoms with Gasteiger partial charge in [0, 0.05) is 16.5 Å². The maximum absolute atomic E-state index is 12.7. The Bertz CT molecular complexity index is 1270. The molecule has 0 aliphatic carbocycles. The van der Waals surface area contributed by atoms with E-state index in [0.29, 0.717) is 11.3 Å². The second-order valence-electron chi connectivity index (χ2n) is 6.30. The SMILES string of the molecule is O=C(Nc1cnc2[nH]c(-c3ccccc3)cc2c1)c1cccc2[nH]ncc12. The van der Waals surface area contributed by atoms with Crippen molar-refractivity contribution in [3.63, 3.8) is 0 Å². The Morgan fingerprint density at radius 2 is 1.85 bits per heavy atom. The quantitative estimate of drug-likeness (QED) is 0.450. The van der Waals surface area contributed by atoms with Gasteiger partial charge in [0.15, 0.2) is 0 Å². The number of nitrogens with zero attached hydrogens (tertiary/aromatic N) is 2. The first-order valence-corrected chi connectivity index (χ1v) is 8.55. The minimum atomic E-state index is -0.193. The molecule has 1 amide bonds. The first kappa shape index (κ1) is 15.3. The Kier molecular flexibility index (Phi) is 3.47. The molecule has 0 spiro atoms. The monoisotopic (exact) mass is 353 g/mol. The van der Waals surface area contributed by atoms with E-state index < -0.39 is 0 Å². The molecule has 0 aliphatic rings. The molecule has 0 fully saturated rings. The molecule has 0 aliphatic heterocycles. The lowest BCUT2D eigenvalue weighted by atomic mass is 10.1. The molecule has 6 nitrogen and oxygen atoms in total. The summed E-state index contributed by atoms with van der Waals surface area (Å²) in [5.41, 5.74) is 4.91. The summed E-state index contributed by atoms with van der Waals surface area (Å²) in [7, 11) is 0. The van der Waals surface area contributed by atoms with E-state index in [0.717, 1.165) is 33.2 Å². The second kappa shape index (κ2) is 6.10. The fourth-order valence-electron chi connectivity index (χ4n) is 3.22. The molecular weight excluding hydrogens is 338 g/mol. The van der Waals surface area contributed by atoms with Crippen LogP contribution in [-0.4, -0.2) is 26.1 Å². The van der Waals surface area contributed by atoms with E-state index in [1.165, 1.54) is 0 Å². The number of benzene rings is 2. The van der Waals surface area contributed by atoms with Crippen molar-refractivity contribution >= 4 is 33.5 Å². The molecule has 0 saturated heterocycles. The predicted octanol–water partition coefficient (Wildman–Crippen LogP) is 4.36. The Morgan fingerprint density at radius 3 is 2.74 bits per heavy atom. The first-order chi connectivity index (χ1) is 13.3. The van der Waals surface area contributed by atoms with Gasteiger partial charge in [-0.3, -0.25) is 9.89 Å². The van der Waals surface area contributed by atoms with Gasteiger partial charge in [0.2, 0.25) is 0 Å². The summed E-state index contributed by atoms with van der Waals surface area (Å²) in [4.78, 5) is 20.4.